The number of rotatable bonds is 5. The van der Waals surface area contributed by atoms with Crippen molar-refractivity contribution in [3.05, 3.63) is 112 Å². The molecule has 0 unspecified atom stereocenters. The third-order valence-corrected chi connectivity index (χ3v) is 7.30. The number of aromatic nitrogens is 3. The van der Waals surface area contributed by atoms with Gasteiger partial charge in [-0.05, 0) is 99.4 Å². The third-order valence-electron chi connectivity index (χ3n) is 6.95. The van der Waals surface area contributed by atoms with Crippen molar-refractivity contribution in [1.29, 1.82) is 0 Å². The highest BCUT2D eigenvalue weighted by Crippen LogP contribution is 2.42. The molecule has 178 valence electrons. The normalized spacial score (nSPS) is 17.6. The Morgan fingerprint density at radius 3 is 2.29 bits per heavy atom. The van der Waals surface area contributed by atoms with E-state index in [9.17, 15) is 0 Å². The van der Waals surface area contributed by atoms with Gasteiger partial charge in [0.15, 0.2) is 5.11 Å². The van der Waals surface area contributed by atoms with Gasteiger partial charge in [0.2, 0.25) is 0 Å². The minimum absolute atomic E-state index is 0.0107. The van der Waals surface area contributed by atoms with E-state index in [1.165, 1.54) is 44.9 Å². The van der Waals surface area contributed by atoms with Crippen LogP contribution in [0.15, 0.2) is 67.1 Å². The highest BCUT2D eigenvalue weighted by molar-refractivity contribution is 7.80. The molecule has 0 bridgehead atoms. The molecule has 1 aliphatic heterocycles. The van der Waals surface area contributed by atoms with Crippen LogP contribution in [0, 0.1) is 34.6 Å². The SMILES string of the molecule is Cc1cc(C)c(-n2c(C)cc([C@H]3[C@H](c4ccccn4)NC(=S)N3Cc3ccncc3)c2C)c(C)c1. The Bertz CT molecular complexity index is 1350. The number of thiocarbonyl (C=S) groups is 1. The first-order valence-electron chi connectivity index (χ1n) is 12.0. The van der Waals surface area contributed by atoms with E-state index in [2.05, 4.69) is 90.8 Å². The van der Waals surface area contributed by atoms with Crippen molar-refractivity contribution in [3.63, 3.8) is 0 Å². The summed E-state index contributed by atoms with van der Waals surface area (Å²) in [5, 5.41) is 4.33. The van der Waals surface area contributed by atoms with Gasteiger partial charge in [-0.2, -0.15) is 0 Å². The van der Waals surface area contributed by atoms with E-state index in [0.29, 0.717) is 6.54 Å². The lowest BCUT2D eigenvalue weighted by atomic mass is 9.96. The zero-order valence-corrected chi connectivity index (χ0v) is 21.7. The second-order valence-corrected chi connectivity index (χ2v) is 9.91. The van der Waals surface area contributed by atoms with Crippen molar-refractivity contribution >= 4 is 17.3 Å². The van der Waals surface area contributed by atoms with Gasteiger partial charge in [-0.15, -0.1) is 0 Å². The van der Waals surface area contributed by atoms with Gasteiger partial charge in [-0.25, -0.2) is 0 Å². The first-order valence-corrected chi connectivity index (χ1v) is 12.4. The Morgan fingerprint density at radius 1 is 0.914 bits per heavy atom. The molecule has 5 nitrogen and oxygen atoms in total. The zero-order chi connectivity index (χ0) is 24.7. The van der Waals surface area contributed by atoms with E-state index in [1.807, 2.05) is 30.7 Å². The number of benzene rings is 1. The van der Waals surface area contributed by atoms with Crippen molar-refractivity contribution in [2.75, 3.05) is 0 Å². The summed E-state index contributed by atoms with van der Waals surface area (Å²) in [5.41, 5.74) is 11.0. The predicted molar refractivity (Wildman–Crippen MR) is 145 cm³/mol. The first kappa shape index (κ1) is 23.2. The molecule has 4 heterocycles. The van der Waals surface area contributed by atoms with Crippen LogP contribution in [0.5, 0.6) is 0 Å². The maximum atomic E-state index is 5.89. The Hall–Kier alpha value is -3.51. The fourth-order valence-electron chi connectivity index (χ4n) is 5.56. The molecule has 1 aliphatic rings. The molecule has 1 saturated heterocycles. The van der Waals surface area contributed by atoms with Crippen LogP contribution in [0.3, 0.4) is 0 Å². The molecule has 0 amide bonds. The second kappa shape index (κ2) is 9.27. The molecule has 1 fully saturated rings. The standard InChI is InChI=1S/C29H31N5S/c1-18-14-19(2)27(20(3)15-18)34-21(4)16-24(22(34)5)28-26(25-8-6-7-11-31-25)32-29(35)33(28)17-23-9-12-30-13-10-23/h6-16,26,28H,17H2,1-5H3,(H,32,35)/t26-,28-/m0/s1. The van der Waals surface area contributed by atoms with Crippen molar-refractivity contribution in [1.82, 2.24) is 24.8 Å². The van der Waals surface area contributed by atoms with Crippen LogP contribution in [0.25, 0.3) is 5.69 Å². The molecule has 0 spiro atoms. The summed E-state index contributed by atoms with van der Waals surface area (Å²) in [6, 6.07) is 17.0. The Labute approximate surface area is 212 Å². The molecule has 0 aliphatic carbocycles. The van der Waals surface area contributed by atoms with Crippen LogP contribution in [0.2, 0.25) is 0 Å². The lowest BCUT2D eigenvalue weighted by molar-refractivity contribution is 0.310. The molecule has 1 N–H and O–H groups in total. The maximum Gasteiger partial charge on any atom is 0.170 e. The number of nitrogens with one attached hydrogen (secondary N) is 1. The fraction of sp³-hybridized carbons (Fsp3) is 0.276. The molecule has 6 heteroatoms. The number of hydrogen-bond acceptors (Lipinski definition) is 3. The summed E-state index contributed by atoms with van der Waals surface area (Å²) in [4.78, 5) is 11.2. The van der Waals surface area contributed by atoms with E-state index < -0.39 is 0 Å². The summed E-state index contributed by atoms with van der Waals surface area (Å²) in [6.45, 7) is 11.7. The van der Waals surface area contributed by atoms with E-state index in [4.69, 9.17) is 17.2 Å². The molecular weight excluding hydrogens is 450 g/mol. The summed E-state index contributed by atoms with van der Waals surface area (Å²) < 4.78 is 2.40. The van der Waals surface area contributed by atoms with Crippen molar-refractivity contribution in [2.45, 2.75) is 53.2 Å². The smallest absolute Gasteiger partial charge is 0.170 e. The molecule has 2 atom stereocenters. The number of hydrogen-bond donors (Lipinski definition) is 1. The number of pyridine rings is 2. The summed E-state index contributed by atoms with van der Waals surface area (Å²) in [5.74, 6) is 0. The second-order valence-electron chi connectivity index (χ2n) is 9.52. The zero-order valence-electron chi connectivity index (χ0n) is 20.9. The minimum atomic E-state index is -0.0419. The van der Waals surface area contributed by atoms with Crippen LogP contribution >= 0.6 is 12.2 Å². The van der Waals surface area contributed by atoms with Crippen LogP contribution in [0.4, 0.5) is 0 Å². The van der Waals surface area contributed by atoms with Gasteiger partial charge < -0.3 is 14.8 Å². The van der Waals surface area contributed by atoms with Crippen LogP contribution in [-0.4, -0.2) is 24.5 Å². The Morgan fingerprint density at radius 2 is 1.63 bits per heavy atom. The quantitative estimate of drug-likeness (QED) is 0.355. The van der Waals surface area contributed by atoms with Gasteiger partial charge in [-0.3, -0.25) is 9.97 Å². The first-order chi connectivity index (χ1) is 16.8. The maximum absolute atomic E-state index is 5.89. The molecule has 35 heavy (non-hydrogen) atoms. The van der Waals surface area contributed by atoms with E-state index >= 15 is 0 Å². The van der Waals surface area contributed by atoms with Gasteiger partial charge in [0.1, 0.15) is 0 Å². The predicted octanol–water partition coefficient (Wildman–Crippen LogP) is 5.98. The topological polar surface area (TPSA) is 46.0 Å². The average Bonchev–Trinajstić information content (AvgIpc) is 3.30. The largest absolute Gasteiger partial charge is 0.352 e. The van der Waals surface area contributed by atoms with E-state index in [1.54, 1.807) is 0 Å². The number of aryl methyl sites for hydroxylation is 4. The highest BCUT2D eigenvalue weighted by Gasteiger charge is 2.41. The molecule has 5 rings (SSSR count). The van der Waals surface area contributed by atoms with Crippen LogP contribution in [-0.2, 0) is 6.54 Å². The summed E-state index contributed by atoms with van der Waals surface area (Å²) in [7, 11) is 0. The van der Waals surface area contributed by atoms with Gasteiger partial charge in [0.25, 0.3) is 0 Å². The molecule has 0 radical (unpaired) electrons. The average molecular weight is 482 g/mol. The Kier molecular flexibility index (Phi) is 6.15. The summed E-state index contributed by atoms with van der Waals surface area (Å²) in [6.07, 6.45) is 5.52. The third kappa shape index (κ3) is 4.23. The van der Waals surface area contributed by atoms with E-state index in [0.717, 1.165) is 10.8 Å². The lowest BCUT2D eigenvalue weighted by Gasteiger charge is -2.28. The molecule has 1 aromatic carbocycles. The molecule has 4 aromatic rings. The van der Waals surface area contributed by atoms with Gasteiger partial charge in [0, 0.05) is 36.5 Å². The van der Waals surface area contributed by atoms with Gasteiger partial charge in [0.05, 0.1) is 23.5 Å². The van der Waals surface area contributed by atoms with Crippen molar-refractivity contribution in [3.8, 4) is 5.69 Å². The van der Waals surface area contributed by atoms with E-state index in [-0.39, 0.29) is 12.1 Å². The van der Waals surface area contributed by atoms with Crippen molar-refractivity contribution in [2.24, 2.45) is 0 Å². The van der Waals surface area contributed by atoms with Gasteiger partial charge >= 0.3 is 0 Å². The van der Waals surface area contributed by atoms with Gasteiger partial charge in [-0.1, -0.05) is 23.8 Å². The molecule has 0 saturated carbocycles. The van der Waals surface area contributed by atoms with Crippen molar-refractivity contribution < 1.29 is 0 Å². The Balaban J connectivity index is 1.65. The van der Waals surface area contributed by atoms with Crippen LogP contribution < -0.4 is 5.32 Å². The minimum Gasteiger partial charge on any atom is -0.352 e. The molecular formula is C29H31N5S. The summed E-state index contributed by atoms with van der Waals surface area (Å²) >= 11 is 5.89. The fourth-order valence-corrected chi connectivity index (χ4v) is 5.86. The molecule has 3 aromatic heterocycles. The number of nitrogens with zero attached hydrogens (tertiary/aromatic N) is 4. The highest BCUT2D eigenvalue weighted by atomic mass is 32.1. The lowest BCUT2D eigenvalue weighted by Crippen LogP contribution is -2.29. The monoisotopic (exact) mass is 481 g/mol. The van der Waals surface area contributed by atoms with Crippen LogP contribution in [0.1, 0.15) is 57.0 Å².